The minimum absolute atomic E-state index is 0.00331. The van der Waals surface area contributed by atoms with Crippen LogP contribution in [0.25, 0.3) is 0 Å². The van der Waals surface area contributed by atoms with Gasteiger partial charge in [-0.25, -0.2) is 8.78 Å². The largest absolute Gasteiger partial charge is 0.383 e. The van der Waals surface area contributed by atoms with Crippen LogP contribution in [-0.2, 0) is 0 Å². The van der Waals surface area contributed by atoms with Gasteiger partial charge in [0, 0.05) is 15.5 Å². The SMILES string of the molecule is Cc1cc(C(O)c2cc(F)c(F)cc2Cl)sc1Br. The van der Waals surface area contributed by atoms with E-state index in [0.717, 1.165) is 21.5 Å². The van der Waals surface area contributed by atoms with E-state index in [2.05, 4.69) is 15.9 Å². The highest BCUT2D eigenvalue weighted by atomic mass is 79.9. The molecule has 0 aliphatic rings. The van der Waals surface area contributed by atoms with E-state index in [-0.39, 0.29) is 10.6 Å². The lowest BCUT2D eigenvalue weighted by Crippen LogP contribution is -2.00. The van der Waals surface area contributed by atoms with Crippen LogP contribution in [0.1, 0.15) is 22.1 Å². The number of aliphatic hydroxyl groups excluding tert-OH is 1. The van der Waals surface area contributed by atoms with Gasteiger partial charge in [-0.15, -0.1) is 11.3 Å². The Kier molecular flexibility index (Phi) is 4.06. The topological polar surface area (TPSA) is 20.2 Å². The van der Waals surface area contributed by atoms with Gasteiger partial charge in [-0.05, 0) is 46.6 Å². The normalized spacial score (nSPS) is 12.8. The number of aliphatic hydroxyl groups is 1. The Balaban J connectivity index is 2.45. The van der Waals surface area contributed by atoms with E-state index in [1.54, 1.807) is 6.07 Å². The molecule has 6 heteroatoms. The Morgan fingerprint density at radius 2 is 1.89 bits per heavy atom. The summed E-state index contributed by atoms with van der Waals surface area (Å²) in [5.41, 5.74) is 1.12. The molecule has 2 aromatic rings. The third-order valence-corrected chi connectivity index (χ3v) is 5.00. The molecular weight excluding hydrogens is 346 g/mol. The van der Waals surface area contributed by atoms with Crippen LogP contribution in [0.5, 0.6) is 0 Å². The van der Waals surface area contributed by atoms with Gasteiger partial charge in [-0.2, -0.15) is 0 Å². The maximum atomic E-state index is 13.2. The molecule has 1 nitrogen and oxygen atoms in total. The van der Waals surface area contributed by atoms with Crippen LogP contribution >= 0.6 is 38.9 Å². The van der Waals surface area contributed by atoms with Crippen molar-refractivity contribution in [2.24, 2.45) is 0 Å². The summed E-state index contributed by atoms with van der Waals surface area (Å²) in [6.07, 6.45) is -1.07. The fourth-order valence-corrected chi connectivity index (χ4v) is 3.35. The second-order valence-corrected chi connectivity index (χ2v) is 6.60. The molecule has 18 heavy (non-hydrogen) atoms. The number of rotatable bonds is 2. The monoisotopic (exact) mass is 352 g/mol. The quantitative estimate of drug-likeness (QED) is 0.767. The molecule has 0 spiro atoms. The number of halogens is 4. The Labute approximate surface area is 120 Å². The number of hydrogen-bond acceptors (Lipinski definition) is 2. The van der Waals surface area contributed by atoms with Crippen molar-refractivity contribution in [3.8, 4) is 0 Å². The first kappa shape index (κ1) is 13.9. The minimum Gasteiger partial charge on any atom is -0.383 e. The molecule has 2 rings (SSSR count). The summed E-state index contributed by atoms with van der Waals surface area (Å²) >= 11 is 10.5. The molecule has 1 unspecified atom stereocenters. The zero-order valence-electron chi connectivity index (χ0n) is 9.18. The van der Waals surface area contributed by atoms with Gasteiger partial charge in [0.25, 0.3) is 0 Å². The molecule has 0 amide bonds. The molecule has 1 atom stereocenters. The highest BCUT2D eigenvalue weighted by molar-refractivity contribution is 9.11. The Morgan fingerprint density at radius 1 is 1.28 bits per heavy atom. The summed E-state index contributed by atoms with van der Waals surface area (Å²) in [4.78, 5) is 0.618. The molecule has 0 bridgehead atoms. The van der Waals surface area contributed by atoms with Gasteiger partial charge in [0.05, 0.1) is 3.79 Å². The summed E-state index contributed by atoms with van der Waals surface area (Å²) in [6, 6.07) is 3.56. The van der Waals surface area contributed by atoms with Crippen LogP contribution in [0.3, 0.4) is 0 Å². The van der Waals surface area contributed by atoms with E-state index in [9.17, 15) is 13.9 Å². The first-order valence-electron chi connectivity index (χ1n) is 4.98. The summed E-state index contributed by atoms with van der Waals surface area (Å²) in [6.45, 7) is 1.88. The fraction of sp³-hybridized carbons (Fsp3) is 0.167. The summed E-state index contributed by atoms with van der Waals surface area (Å²) in [5.74, 6) is -2.06. The lowest BCUT2D eigenvalue weighted by molar-refractivity contribution is 0.223. The minimum atomic E-state index is -1.07. The van der Waals surface area contributed by atoms with Gasteiger partial charge >= 0.3 is 0 Å². The standard InChI is InChI=1S/C12H8BrClF2OS/c1-5-2-10(18-12(5)13)11(17)6-3-8(15)9(16)4-7(6)14/h2-4,11,17H,1H3. The van der Waals surface area contributed by atoms with E-state index in [1.165, 1.54) is 11.3 Å². The molecule has 0 saturated carbocycles. The van der Waals surface area contributed by atoms with Gasteiger partial charge in [-0.3, -0.25) is 0 Å². The maximum Gasteiger partial charge on any atom is 0.160 e. The summed E-state index contributed by atoms with van der Waals surface area (Å²) in [7, 11) is 0. The molecule has 0 aliphatic heterocycles. The average molecular weight is 354 g/mol. The van der Waals surface area contributed by atoms with Crippen molar-refractivity contribution in [2.45, 2.75) is 13.0 Å². The second kappa shape index (κ2) is 5.25. The van der Waals surface area contributed by atoms with Crippen molar-refractivity contribution in [3.63, 3.8) is 0 Å². The highest BCUT2D eigenvalue weighted by Crippen LogP contribution is 2.37. The van der Waals surface area contributed by atoms with Crippen molar-refractivity contribution in [3.05, 3.63) is 54.6 Å². The second-order valence-electron chi connectivity index (χ2n) is 3.80. The van der Waals surface area contributed by atoms with Crippen molar-refractivity contribution in [1.82, 2.24) is 0 Å². The van der Waals surface area contributed by atoms with Crippen molar-refractivity contribution >= 4 is 38.9 Å². The third kappa shape index (κ3) is 2.59. The molecule has 0 aliphatic carbocycles. The van der Waals surface area contributed by atoms with Crippen LogP contribution in [-0.4, -0.2) is 5.11 Å². The first-order chi connectivity index (χ1) is 8.40. The van der Waals surface area contributed by atoms with Crippen LogP contribution in [0.4, 0.5) is 8.78 Å². The van der Waals surface area contributed by atoms with Crippen molar-refractivity contribution in [2.75, 3.05) is 0 Å². The van der Waals surface area contributed by atoms with Crippen LogP contribution in [0.2, 0.25) is 5.02 Å². The average Bonchev–Trinajstić information content (AvgIpc) is 2.63. The maximum absolute atomic E-state index is 13.2. The van der Waals surface area contributed by atoms with E-state index in [1.807, 2.05) is 6.92 Å². The van der Waals surface area contributed by atoms with E-state index >= 15 is 0 Å². The van der Waals surface area contributed by atoms with Crippen molar-refractivity contribution in [1.29, 1.82) is 0 Å². The predicted octanol–water partition coefficient (Wildman–Crippen LogP) is 4.83. The molecule has 1 N–H and O–H groups in total. The van der Waals surface area contributed by atoms with Crippen LogP contribution in [0, 0.1) is 18.6 Å². The number of benzene rings is 1. The van der Waals surface area contributed by atoms with Gasteiger partial charge in [0.1, 0.15) is 6.10 Å². The van der Waals surface area contributed by atoms with Crippen molar-refractivity contribution < 1.29 is 13.9 Å². The van der Waals surface area contributed by atoms with Gasteiger partial charge in [0.15, 0.2) is 11.6 Å². The molecule has 96 valence electrons. The zero-order chi connectivity index (χ0) is 13.4. The fourth-order valence-electron chi connectivity index (χ4n) is 1.52. The predicted molar refractivity (Wildman–Crippen MR) is 72.2 cm³/mol. The molecule has 0 saturated heterocycles. The Morgan fingerprint density at radius 3 is 2.44 bits per heavy atom. The van der Waals surface area contributed by atoms with E-state index in [4.69, 9.17) is 11.6 Å². The van der Waals surface area contributed by atoms with Crippen LogP contribution < -0.4 is 0 Å². The van der Waals surface area contributed by atoms with E-state index in [0.29, 0.717) is 4.88 Å². The van der Waals surface area contributed by atoms with Crippen LogP contribution in [0.15, 0.2) is 22.0 Å². The first-order valence-corrected chi connectivity index (χ1v) is 6.97. The summed E-state index contributed by atoms with van der Waals surface area (Å²) < 4.78 is 27.0. The third-order valence-electron chi connectivity index (χ3n) is 2.48. The number of aryl methyl sites for hydroxylation is 1. The Bertz CT molecular complexity index is 581. The molecule has 1 aromatic heterocycles. The molecule has 1 aromatic carbocycles. The van der Waals surface area contributed by atoms with Gasteiger partial charge in [0.2, 0.25) is 0 Å². The zero-order valence-corrected chi connectivity index (χ0v) is 12.3. The highest BCUT2D eigenvalue weighted by Gasteiger charge is 2.19. The molecular formula is C12H8BrClF2OS. The Hall–Kier alpha value is -0.490. The number of hydrogen-bond donors (Lipinski definition) is 1. The molecule has 0 radical (unpaired) electrons. The smallest absolute Gasteiger partial charge is 0.160 e. The lowest BCUT2D eigenvalue weighted by Gasteiger charge is -2.11. The lowest BCUT2D eigenvalue weighted by atomic mass is 10.1. The molecule has 0 fully saturated rings. The van der Waals surface area contributed by atoms with E-state index < -0.39 is 17.7 Å². The number of thiophene rings is 1. The van der Waals surface area contributed by atoms with Gasteiger partial charge in [-0.1, -0.05) is 11.6 Å². The summed E-state index contributed by atoms with van der Waals surface area (Å²) in [5, 5.41) is 10.1. The van der Waals surface area contributed by atoms with Gasteiger partial charge < -0.3 is 5.11 Å². The molecule has 1 heterocycles.